The first kappa shape index (κ1) is 16.7. The molecule has 4 aromatic rings. The molecule has 0 spiro atoms. The van der Waals surface area contributed by atoms with Crippen molar-refractivity contribution in [3.8, 4) is 0 Å². The average molecular weight is 411 g/mol. The van der Waals surface area contributed by atoms with E-state index >= 15 is 0 Å². The fraction of sp³-hybridized carbons (Fsp3) is 0.190. The highest BCUT2D eigenvalue weighted by atomic mass is 79.9. The third-order valence-electron chi connectivity index (χ3n) is 4.79. The number of pyridine rings is 1. The molecule has 2 heterocycles. The first-order valence-corrected chi connectivity index (χ1v) is 10.3. The van der Waals surface area contributed by atoms with E-state index in [1.165, 1.54) is 38.0 Å². The Hall–Kier alpha value is -1.78. The molecule has 0 saturated heterocycles. The maximum absolute atomic E-state index is 4.87. The van der Waals surface area contributed by atoms with Gasteiger partial charge in [-0.05, 0) is 55.5 Å². The Bertz CT molecular complexity index is 1100. The van der Waals surface area contributed by atoms with Crippen LogP contribution in [0, 0.1) is 13.8 Å². The van der Waals surface area contributed by atoms with Gasteiger partial charge in [0, 0.05) is 43.5 Å². The Morgan fingerprint density at radius 1 is 1.04 bits per heavy atom. The zero-order valence-electron chi connectivity index (χ0n) is 14.5. The Morgan fingerprint density at radius 3 is 2.64 bits per heavy atom. The monoisotopic (exact) mass is 410 g/mol. The van der Waals surface area contributed by atoms with E-state index in [0.29, 0.717) is 0 Å². The molecule has 0 aliphatic rings. The Kier molecular flexibility index (Phi) is 4.34. The van der Waals surface area contributed by atoms with Crippen LogP contribution in [0.25, 0.3) is 21.8 Å². The van der Waals surface area contributed by atoms with Gasteiger partial charge < -0.3 is 4.98 Å². The summed E-state index contributed by atoms with van der Waals surface area (Å²) in [5, 5.41) is 2.53. The number of aromatic amines is 1. The molecule has 25 heavy (non-hydrogen) atoms. The summed E-state index contributed by atoms with van der Waals surface area (Å²) in [5.41, 5.74) is 7.31. The van der Waals surface area contributed by atoms with Crippen LogP contribution in [0.15, 0.2) is 51.8 Å². The van der Waals surface area contributed by atoms with Crippen LogP contribution in [-0.4, -0.2) is 16.2 Å². The topological polar surface area (TPSA) is 28.7 Å². The van der Waals surface area contributed by atoms with Gasteiger partial charge in [0.2, 0.25) is 0 Å². The van der Waals surface area contributed by atoms with Crippen molar-refractivity contribution in [3.63, 3.8) is 0 Å². The highest BCUT2D eigenvalue weighted by Crippen LogP contribution is 2.35. The average Bonchev–Trinajstić information content (AvgIpc) is 2.91. The lowest BCUT2D eigenvalue weighted by molar-refractivity contribution is 1.05. The van der Waals surface area contributed by atoms with Crippen LogP contribution in [0.2, 0.25) is 0 Å². The molecule has 4 rings (SSSR count). The number of fused-ring (bicyclic) bond motifs is 2. The number of para-hydroxylation sites is 1. The van der Waals surface area contributed by atoms with E-state index in [-0.39, 0.29) is 0 Å². The predicted octanol–water partition coefficient (Wildman–Crippen LogP) is 6.41. The van der Waals surface area contributed by atoms with Gasteiger partial charge in [0.1, 0.15) is 0 Å². The van der Waals surface area contributed by atoms with E-state index < -0.39 is 0 Å². The van der Waals surface area contributed by atoms with E-state index in [1.54, 1.807) is 0 Å². The third kappa shape index (κ3) is 2.87. The predicted molar refractivity (Wildman–Crippen MR) is 112 cm³/mol. The molecule has 0 aliphatic carbocycles. The number of hydrogen-bond donors (Lipinski definition) is 1. The molecule has 2 aromatic carbocycles. The van der Waals surface area contributed by atoms with Gasteiger partial charge in [-0.2, -0.15) is 0 Å². The lowest BCUT2D eigenvalue weighted by atomic mass is 9.99. The van der Waals surface area contributed by atoms with Crippen molar-refractivity contribution in [2.75, 3.05) is 6.26 Å². The Morgan fingerprint density at radius 2 is 1.84 bits per heavy atom. The van der Waals surface area contributed by atoms with Crippen molar-refractivity contribution in [2.45, 2.75) is 25.2 Å². The van der Waals surface area contributed by atoms with E-state index in [2.05, 4.69) is 83.5 Å². The minimum atomic E-state index is 0.896. The summed E-state index contributed by atoms with van der Waals surface area (Å²) in [7, 11) is 0. The van der Waals surface area contributed by atoms with Gasteiger partial charge >= 0.3 is 0 Å². The zero-order chi connectivity index (χ0) is 17.6. The molecule has 0 saturated carbocycles. The number of H-pyrrole nitrogens is 1. The van der Waals surface area contributed by atoms with Crippen molar-refractivity contribution in [1.82, 2.24) is 9.97 Å². The lowest BCUT2D eigenvalue weighted by Crippen LogP contribution is -2.00. The van der Waals surface area contributed by atoms with Crippen LogP contribution in [0.5, 0.6) is 0 Å². The van der Waals surface area contributed by atoms with E-state index in [1.807, 2.05) is 11.8 Å². The van der Waals surface area contributed by atoms with Crippen molar-refractivity contribution in [2.24, 2.45) is 0 Å². The second-order valence-corrected chi connectivity index (χ2v) is 8.05. The minimum Gasteiger partial charge on any atom is -0.358 e. The number of nitrogens with one attached hydrogen (secondary N) is 1. The van der Waals surface area contributed by atoms with Gasteiger partial charge in [0.05, 0.1) is 5.52 Å². The van der Waals surface area contributed by atoms with Crippen LogP contribution in [0.4, 0.5) is 0 Å². The third-order valence-corrected chi connectivity index (χ3v) is 6.15. The van der Waals surface area contributed by atoms with E-state index in [9.17, 15) is 0 Å². The van der Waals surface area contributed by atoms with Gasteiger partial charge in [-0.3, -0.25) is 4.98 Å². The number of rotatable bonds is 3. The Balaban J connectivity index is 1.94. The zero-order valence-corrected chi connectivity index (χ0v) is 16.9. The molecule has 0 amide bonds. The van der Waals surface area contributed by atoms with Crippen molar-refractivity contribution in [3.05, 3.63) is 69.5 Å². The standard InChI is InChI=1S/C21H19BrN2S/c1-12-16(15-6-4-5-7-19(15)23-12)11-17-13(2)24-20-9-8-14(22)10-18(20)21(17)25-3/h4-10,23H,11H2,1-3H3. The SMILES string of the molecule is CSc1c(Cc2c(C)[nH]c3ccccc23)c(C)nc2ccc(Br)cc12. The molecule has 4 heteroatoms. The van der Waals surface area contributed by atoms with Crippen molar-refractivity contribution in [1.29, 1.82) is 0 Å². The molecule has 2 aromatic heterocycles. The lowest BCUT2D eigenvalue weighted by Gasteiger charge is -2.14. The maximum Gasteiger partial charge on any atom is 0.0717 e. The molecule has 0 unspecified atom stereocenters. The fourth-order valence-corrected chi connectivity index (χ4v) is 4.75. The highest BCUT2D eigenvalue weighted by Gasteiger charge is 2.16. The van der Waals surface area contributed by atoms with E-state index in [4.69, 9.17) is 4.98 Å². The molecular weight excluding hydrogens is 392 g/mol. The van der Waals surface area contributed by atoms with Crippen LogP contribution >= 0.6 is 27.7 Å². The molecule has 1 N–H and O–H groups in total. The van der Waals surface area contributed by atoms with Crippen LogP contribution in [0.1, 0.15) is 22.5 Å². The fourth-order valence-electron chi connectivity index (χ4n) is 3.54. The number of nitrogens with zero attached hydrogens (tertiary/aromatic N) is 1. The number of aromatic nitrogens is 2. The molecule has 0 fully saturated rings. The van der Waals surface area contributed by atoms with Gasteiger partial charge in [0.15, 0.2) is 0 Å². The summed E-state index contributed by atoms with van der Waals surface area (Å²) < 4.78 is 1.09. The Labute approximate surface area is 160 Å². The molecule has 0 aliphatic heterocycles. The molecule has 0 bridgehead atoms. The molecule has 126 valence electrons. The van der Waals surface area contributed by atoms with Gasteiger partial charge in [0.25, 0.3) is 0 Å². The molecular formula is C21H19BrN2S. The first-order valence-electron chi connectivity index (χ1n) is 8.27. The second kappa shape index (κ2) is 6.50. The summed E-state index contributed by atoms with van der Waals surface area (Å²) in [6.45, 7) is 4.29. The largest absolute Gasteiger partial charge is 0.358 e. The van der Waals surface area contributed by atoms with Crippen molar-refractivity contribution >= 4 is 49.5 Å². The smallest absolute Gasteiger partial charge is 0.0717 e. The number of benzene rings is 2. The number of halogens is 1. The molecule has 2 nitrogen and oxygen atoms in total. The van der Waals surface area contributed by atoms with E-state index in [0.717, 1.165) is 22.1 Å². The number of thioether (sulfide) groups is 1. The van der Waals surface area contributed by atoms with Gasteiger partial charge in [-0.1, -0.05) is 34.1 Å². The quantitative estimate of drug-likeness (QED) is 0.395. The maximum atomic E-state index is 4.87. The van der Waals surface area contributed by atoms with Crippen LogP contribution < -0.4 is 0 Å². The van der Waals surface area contributed by atoms with Crippen molar-refractivity contribution < 1.29 is 0 Å². The summed E-state index contributed by atoms with van der Waals surface area (Å²) in [4.78, 5) is 9.71. The molecule has 0 radical (unpaired) electrons. The summed E-state index contributed by atoms with van der Waals surface area (Å²) in [6.07, 6.45) is 3.05. The second-order valence-electron chi connectivity index (χ2n) is 6.32. The summed E-state index contributed by atoms with van der Waals surface area (Å²) >= 11 is 5.41. The van der Waals surface area contributed by atoms with Crippen LogP contribution in [-0.2, 0) is 6.42 Å². The summed E-state index contributed by atoms with van der Waals surface area (Å²) in [6, 6.07) is 14.9. The molecule has 0 atom stereocenters. The normalized spacial score (nSPS) is 11.5. The number of aryl methyl sites for hydroxylation is 2. The minimum absolute atomic E-state index is 0.896. The summed E-state index contributed by atoms with van der Waals surface area (Å²) in [5.74, 6) is 0. The first-order chi connectivity index (χ1) is 12.1. The number of hydrogen-bond acceptors (Lipinski definition) is 2. The van der Waals surface area contributed by atoms with Crippen LogP contribution in [0.3, 0.4) is 0 Å². The highest BCUT2D eigenvalue weighted by molar-refractivity contribution is 9.10. The van der Waals surface area contributed by atoms with Gasteiger partial charge in [-0.15, -0.1) is 11.8 Å². The van der Waals surface area contributed by atoms with Gasteiger partial charge in [-0.25, -0.2) is 0 Å².